The van der Waals surface area contributed by atoms with E-state index in [2.05, 4.69) is 9.88 Å². The topological polar surface area (TPSA) is 69.5 Å². The highest BCUT2D eigenvalue weighted by Gasteiger charge is 2.50. The maximum Gasteiger partial charge on any atom is 0.410 e. The van der Waals surface area contributed by atoms with E-state index in [-0.39, 0.29) is 11.5 Å². The average Bonchev–Trinajstić information content (AvgIpc) is 2.88. The number of carbonyl (C=O) groups excluding carboxylic acids is 1. The number of halogens is 1. The Labute approximate surface area is 147 Å². The molecule has 0 bridgehead atoms. The lowest BCUT2D eigenvalue weighted by Crippen LogP contribution is -2.60. The van der Waals surface area contributed by atoms with Crippen LogP contribution >= 0.6 is 11.6 Å². The highest BCUT2D eigenvalue weighted by molar-refractivity contribution is 6.29. The summed E-state index contributed by atoms with van der Waals surface area (Å²) in [5.74, 6) is 0. The second kappa shape index (κ2) is 5.82. The van der Waals surface area contributed by atoms with Crippen LogP contribution in [0, 0.1) is 16.7 Å². The van der Waals surface area contributed by atoms with E-state index in [0.29, 0.717) is 23.9 Å². The zero-order valence-corrected chi connectivity index (χ0v) is 14.9. The number of aromatic nitrogens is 1. The Kier molecular flexibility index (Phi) is 4.08. The standard InChI is InChI=1S/C17H21ClN4O2/c1-16(2,3)24-15(23)22-10-17(11-22)4-5-21(9-17)13-6-12(8-19)20-14(18)7-13/h6-7H,4-5,9-11H2,1-3H3. The highest BCUT2D eigenvalue weighted by Crippen LogP contribution is 2.42. The molecule has 0 unspecified atom stereocenters. The van der Waals surface area contributed by atoms with Gasteiger partial charge >= 0.3 is 6.09 Å². The van der Waals surface area contributed by atoms with Crippen LogP contribution in [0.2, 0.25) is 5.15 Å². The molecular formula is C17H21ClN4O2. The summed E-state index contributed by atoms with van der Waals surface area (Å²) >= 11 is 5.99. The quantitative estimate of drug-likeness (QED) is 0.729. The van der Waals surface area contributed by atoms with E-state index in [9.17, 15) is 4.79 Å². The molecule has 0 radical (unpaired) electrons. The molecule has 24 heavy (non-hydrogen) atoms. The first-order valence-corrected chi connectivity index (χ1v) is 8.38. The number of hydrogen-bond acceptors (Lipinski definition) is 5. The van der Waals surface area contributed by atoms with Crippen molar-refractivity contribution in [1.29, 1.82) is 5.26 Å². The molecule has 1 aromatic rings. The minimum absolute atomic E-state index is 0.111. The number of likely N-dealkylation sites (tertiary alicyclic amines) is 1. The van der Waals surface area contributed by atoms with Crippen molar-refractivity contribution in [2.45, 2.75) is 32.8 Å². The second-order valence-corrected chi connectivity index (χ2v) is 8.04. The molecular weight excluding hydrogens is 328 g/mol. The van der Waals surface area contributed by atoms with Gasteiger partial charge in [0.05, 0.1) is 0 Å². The van der Waals surface area contributed by atoms with E-state index in [1.165, 1.54) is 0 Å². The van der Waals surface area contributed by atoms with Crippen molar-refractivity contribution >= 4 is 23.4 Å². The molecule has 3 rings (SSSR count). The monoisotopic (exact) mass is 348 g/mol. The lowest BCUT2D eigenvalue weighted by molar-refractivity contribution is -0.0266. The van der Waals surface area contributed by atoms with Crippen molar-refractivity contribution < 1.29 is 9.53 Å². The molecule has 6 nitrogen and oxygen atoms in total. The van der Waals surface area contributed by atoms with Gasteiger partial charge in [-0.25, -0.2) is 9.78 Å². The predicted molar refractivity (Wildman–Crippen MR) is 91.0 cm³/mol. The molecule has 2 fully saturated rings. The lowest BCUT2D eigenvalue weighted by atomic mass is 9.79. The first-order valence-electron chi connectivity index (χ1n) is 8.00. The molecule has 2 aliphatic rings. The Morgan fingerprint density at radius 3 is 2.71 bits per heavy atom. The van der Waals surface area contributed by atoms with Crippen molar-refractivity contribution in [1.82, 2.24) is 9.88 Å². The number of hydrogen-bond donors (Lipinski definition) is 0. The Morgan fingerprint density at radius 1 is 1.38 bits per heavy atom. The minimum Gasteiger partial charge on any atom is -0.444 e. The third kappa shape index (κ3) is 3.41. The van der Waals surface area contributed by atoms with E-state index in [1.54, 1.807) is 17.0 Å². The number of carbonyl (C=O) groups is 1. The molecule has 1 spiro atoms. The fourth-order valence-electron chi connectivity index (χ4n) is 3.36. The molecule has 1 aromatic heterocycles. The van der Waals surface area contributed by atoms with Gasteiger partial charge in [0.2, 0.25) is 0 Å². The SMILES string of the molecule is CC(C)(C)OC(=O)N1CC2(CCN(c3cc(Cl)nc(C#N)c3)C2)C1. The minimum atomic E-state index is -0.469. The number of nitrogens with zero attached hydrogens (tertiary/aromatic N) is 4. The third-order valence-corrected chi connectivity index (χ3v) is 4.59. The molecule has 7 heteroatoms. The van der Waals surface area contributed by atoms with Crippen LogP contribution < -0.4 is 4.90 Å². The van der Waals surface area contributed by atoms with Gasteiger partial charge in [0, 0.05) is 37.3 Å². The predicted octanol–water partition coefficient (Wildman–Crippen LogP) is 3.05. The third-order valence-electron chi connectivity index (χ3n) is 4.40. The number of pyridine rings is 1. The van der Waals surface area contributed by atoms with Crippen molar-refractivity contribution in [3.05, 3.63) is 23.0 Å². The van der Waals surface area contributed by atoms with Gasteiger partial charge in [0.15, 0.2) is 0 Å². The van der Waals surface area contributed by atoms with Crippen LogP contribution in [0.4, 0.5) is 10.5 Å². The summed E-state index contributed by atoms with van der Waals surface area (Å²) in [7, 11) is 0. The molecule has 0 N–H and O–H groups in total. The molecule has 0 aliphatic carbocycles. The molecule has 0 aromatic carbocycles. The maximum absolute atomic E-state index is 12.1. The van der Waals surface area contributed by atoms with Gasteiger partial charge < -0.3 is 14.5 Å². The Hall–Kier alpha value is -2.00. The number of rotatable bonds is 1. The van der Waals surface area contributed by atoms with Crippen molar-refractivity contribution in [3.8, 4) is 6.07 Å². The van der Waals surface area contributed by atoms with Gasteiger partial charge in [-0.3, -0.25) is 0 Å². The number of anilines is 1. The molecule has 2 aliphatic heterocycles. The summed E-state index contributed by atoms with van der Waals surface area (Å²) in [5.41, 5.74) is 0.879. The second-order valence-electron chi connectivity index (χ2n) is 7.65. The first-order chi connectivity index (χ1) is 11.2. The molecule has 1 amide bonds. The zero-order valence-electron chi connectivity index (χ0n) is 14.2. The van der Waals surface area contributed by atoms with Crippen LogP contribution in [-0.4, -0.2) is 47.8 Å². The summed E-state index contributed by atoms with van der Waals surface area (Å²) in [6, 6.07) is 5.57. The fraction of sp³-hybridized carbons (Fsp3) is 0.588. The summed E-state index contributed by atoms with van der Waals surface area (Å²) in [4.78, 5) is 20.0. The summed E-state index contributed by atoms with van der Waals surface area (Å²) in [6.45, 7) is 8.77. The highest BCUT2D eigenvalue weighted by atomic mass is 35.5. The van der Waals surface area contributed by atoms with Gasteiger partial charge in [0.25, 0.3) is 0 Å². The normalized spacial score (nSPS) is 19.1. The molecule has 3 heterocycles. The van der Waals surface area contributed by atoms with Crippen molar-refractivity contribution in [3.63, 3.8) is 0 Å². The molecule has 2 saturated heterocycles. The summed E-state index contributed by atoms with van der Waals surface area (Å²) in [5, 5.41) is 9.36. The van der Waals surface area contributed by atoms with E-state index in [4.69, 9.17) is 21.6 Å². The zero-order chi connectivity index (χ0) is 17.5. The fourth-order valence-corrected chi connectivity index (χ4v) is 3.56. The number of amides is 1. The van der Waals surface area contributed by atoms with E-state index < -0.39 is 5.60 Å². The van der Waals surface area contributed by atoms with E-state index in [0.717, 1.165) is 25.2 Å². The largest absolute Gasteiger partial charge is 0.444 e. The van der Waals surface area contributed by atoms with Crippen LogP contribution in [0.25, 0.3) is 0 Å². The van der Waals surface area contributed by atoms with Crippen LogP contribution in [0.1, 0.15) is 32.9 Å². The molecule has 0 atom stereocenters. The summed E-state index contributed by atoms with van der Waals surface area (Å²) < 4.78 is 5.41. The van der Waals surface area contributed by atoms with Crippen LogP contribution in [0.15, 0.2) is 12.1 Å². The average molecular weight is 349 g/mol. The van der Waals surface area contributed by atoms with Gasteiger partial charge in [-0.05, 0) is 39.3 Å². The first kappa shape index (κ1) is 16.8. The lowest BCUT2D eigenvalue weighted by Gasteiger charge is -2.47. The van der Waals surface area contributed by atoms with E-state index >= 15 is 0 Å². The Balaban J connectivity index is 1.62. The smallest absolute Gasteiger partial charge is 0.410 e. The van der Waals surface area contributed by atoms with Gasteiger partial charge in [-0.15, -0.1) is 0 Å². The van der Waals surface area contributed by atoms with Crippen molar-refractivity contribution in [2.24, 2.45) is 5.41 Å². The van der Waals surface area contributed by atoms with Crippen LogP contribution in [0.5, 0.6) is 0 Å². The molecule has 0 saturated carbocycles. The van der Waals surface area contributed by atoms with Crippen molar-refractivity contribution in [2.75, 3.05) is 31.1 Å². The maximum atomic E-state index is 12.1. The van der Waals surface area contributed by atoms with Crippen LogP contribution in [0.3, 0.4) is 0 Å². The van der Waals surface area contributed by atoms with Gasteiger partial charge in [-0.1, -0.05) is 11.6 Å². The Morgan fingerprint density at radius 2 is 2.08 bits per heavy atom. The van der Waals surface area contributed by atoms with Gasteiger partial charge in [0.1, 0.15) is 22.5 Å². The van der Waals surface area contributed by atoms with Gasteiger partial charge in [-0.2, -0.15) is 5.26 Å². The molecule has 128 valence electrons. The number of ether oxygens (including phenoxy) is 1. The van der Waals surface area contributed by atoms with Crippen LogP contribution in [-0.2, 0) is 4.74 Å². The van der Waals surface area contributed by atoms with E-state index in [1.807, 2.05) is 26.8 Å². The number of nitriles is 1. The summed E-state index contributed by atoms with van der Waals surface area (Å²) in [6.07, 6.45) is 0.763. The Bertz CT molecular complexity index is 702.